The fraction of sp³-hybridized carbons (Fsp3) is 0.250. The molecular formula is C24H25Cl2N7O2. The van der Waals surface area contributed by atoms with Crippen molar-refractivity contribution in [2.75, 3.05) is 32.6 Å². The molecule has 1 unspecified atom stereocenters. The number of aromatic nitrogens is 4. The zero-order valence-corrected chi connectivity index (χ0v) is 21.0. The number of halogens is 2. The van der Waals surface area contributed by atoms with Crippen LogP contribution in [0.2, 0.25) is 10.0 Å². The minimum atomic E-state index is -0.591. The Labute approximate surface area is 211 Å². The smallest absolute Gasteiger partial charge is 0.333 e. The maximum atomic E-state index is 12.8. The molecule has 0 aliphatic heterocycles. The maximum absolute atomic E-state index is 12.8. The average Bonchev–Trinajstić information content (AvgIpc) is 2.80. The monoisotopic (exact) mass is 513 g/mol. The van der Waals surface area contributed by atoms with Crippen LogP contribution in [0.15, 0.2) is 53.5 Å². The van der Waals surface area contributed by atoms with Gasteiger partial charge in [0.2, 0.25) is 5.95 Å². The van der Waals surface area contributed by atoms with E-state index in [0.29, 0.717) is 17.9 Å². The molecule has 2 heterocycles. The summed E-state index contributed by atoms with van der Waals surface area (Å²) in [6.45, 7) is 3.72. The standard InChI is InChI=1S/C24H25Cl2N7O2/c1-14(12-32(2)3)13-35-16-9-7-15(8-10-16)29-23-28-11-17-21(27)33(24(34)31-22(17)30-23)20-18(25)5-4-6-19(20)26/h4-11,14,27H,12-13H2,1-3H3,(H2,28,29,30,31,34). The molecule has 0 radical (unpaired) electrons. The zero-order valence-electron chi connectivity index (χ0n) is 19.5. The van der Waals surface area contributed by atoms with Crippen molar-refractivity contribution in [2.45, 2.75) is 6.92 Å². The van der Waals surface area contributed by atoms with Gasteiger partial charge in [0.05, 0.1) is 27.7 Å². The number of hydrogen-bond acceptors (Lipinski definition) is 7. The molecule has 9 nitrogen and oxygen atoms in total. The molecule has 2 aromatic carbocycles. The highest BCUT2D eigenvalue weighted by Crippen LogP contribution is 2.26. The Bertz CT molecular complexity index is 1450. The number of rotatable bonds is 8. The molecule has 1 atom stereocenters. The van der Waals surface area contributed by atoms with Crippen LogP contribution in [0.5, 0.6) is 5.75 Å². The second-order valence-electron chi connectivity index (χ2n) is 8.47. The third kappa shape index (κ3) is 5.64. The number of hydrogen-bond donors (Lipinski definition) is 3. The van der Waals surface area contributed by atoms with Crippen molar-refractivity contribution in [1.82, 2.24) is 24.4 Å². The molecule has 182 valence electrons. The third-order valence-electron chi connectivity index (χ3n) is 5.18. The molecule has 3 N–H and O–H groups in total. The van der Waals surface area contributed by atoms with E-state index in [1.807, 2.05) is 38.4 Å². The van der Waals surface area contributed by atoms with Gasteiger partial charge in [-0.05, 0) is 50.5 Å². The van der Waals surface area contributed by atoms with Crippen LogP contribution >= 0.6 is 23.2 Å². The van der Waals surface area contributed by atoms with Crippen molar-refractivity contribution in [3.8, 4) is 11.4 Å². The maximum Gasteiger partial charge on any atom is 0.333 e. The Morgan fingerprint density at radius 1 is 1.17 bits per heavy atom. The number of nitrogens with zero attached hydrogens (tertiary/aromatic N) is 4. The van der Waals surface area contributed by atoms with E-state index in [9.17, 15) is 4.79 Å². The molecule has 2 aromatic heterocycles. The molecule has 0 spiro atoms. The lowest BCUT2D eigenvalue weighted by Crippen LogP contribution is -2.34. The van der Waals surface area contributed by atoms with Gasteiger partial charge in [-0.3, -0.25) is 10.4 Å². The first-order valence-corrected chi connectivity index (χ1v) is 11.6. The summed E-state index contributed by atoms with van der Waals surface area (Å²) in [5, 5.41) is 12.5. The SMILES string of the molecule is CC(COc1ccc(Nc2ncc3c(=N)n(-c4c(Cl)cccc4Cl)c(=O)[nH]c3n2)cc1)CN(C)C. The third-order valence-corrected chi connectivity index (χ3v) is 5.79. The van der Waals surface area contributed by atoms with Crippen molar-refractivity contribution in [3.05, 3.63) is 74.7 Å². The van der Waals surface area contributed by atoms with Gasteiger partial charge in [0, 0.05) is 24.3 Å². The van der Waals surface area contributed by atoms with Crippen molar-refractivity contribution >= 4 is 45.9 Å². The highest BCUT2D eigenvalue weighted by molar-refractivity contribution is 6.37. The van der Waals surface area contributed by atoms with E-state index in [1.165, 1.54) is 6.20 Å². The van der Waals surface area contributed by atoms with Crippen LogP contribution < -0.4 is 21.2 Å². The number of para-hydroxylation sites is 1. The van der Waals surface area contributed by atoms with E-state index < -0.39 is 5.69 Å². The molecule has 0 saturated heterocycles. The van der Waals surface area contributed by atoms with Gasteiger partial charge in [-0.1, -0.05) is 36.2 Å². The van der Waals surface area contributed by atoms with E-state index in [4.69, 9.17) is 33.3 Å². The minimum absolute atomic E-state index is 0.129. The summed E-state index contributed by atoms with van der Waals surface area (Å²) in [7, 11) is 4.08. The predicted octanol–water partition coefficient (Wildman–Crippen LogP) is 4.22. The predicted molar refractivity (Wildman–Crippen MR) is 138 cm³/mol. The average molecular weight is 514 g/mol. The first-order valence-electron chi connectivity index (χ1n) is 10.9. The first-order chi connectivity index (χ1) is 16.7. The second kappa shape index (κ2) is 10.5. The normalized spacial score (nSPS) is 12.2. The molecule has 0 aliphatic carbocycles. The number of benzene rings is 2. The van der Waals surface area contributed by atoms with Gasteiger partial charge in [0.1, 0.15) is 11.2 Å². The van der Waals surface area contributed by atoms with Gasteiger partial charge < -0.3 is 15.0 Å². The summed E-state index contributed by atoms with van der Waals surface area (Å²) in [6.07, 6.45) is 1.47. The fourth-order valence-corrected chi connectivity index (χ4v) is 4.25. The van der Waals surface area contributed by atoms with Gasteiger partial charge >= 0.3 is 5.69 Å². The highest BCUT2D eigenvalue weighted by Gasteiger charge is 2.15. The topological polar surface area (TPSA) is 112 Å². The number of ether oxygens (including phenoxy) is 1. The summed E-state index contributed by atoms with van der Waals surface area (Å²) < 4.78 is 6.95. The molecule has 4 rings (SSSR count). The molecule has 35 heavy (non-hydrogen) atoms. The van der Waals surface area contributed by atoms with E-state index in [2.05, 4.69) is 32.1 Å². The number of anilines is 2. The molecule has 0 fully saturated rings. The van der Waals surface area contributed by atoms with E-state index >= 15 is 0 Å². The Morgan fingerprint density at radius 3 is 2.51 bits per heavy atom. The Morgan fingerprint density at radius 2 is 1.86 bits per heavy atom. The number of fused-ring (bicyclic) bond motifs is 1. The summed E-state index contributed by atoms with van der Waals surface area (Å²) in [4.78, 5) is 26.3. The zero-order chi connectivity index (χ0) is 25.1. The van der Waals surface area contributed by atoms with E-state index in [1.54, 1.807) is 18.2 Å². The van der Waals surface area contributed by atoms with Crippen LogP contribution in [-0.2, 0) is 0 Å². The molecule has 0 aliphatic rings. The summed E-state index contributed by atoms with van der Waals surface area (Å²) in [5.74, 6) is 1.45. The fourth-order valence-electron chi connectivity index (χ4n) is 3.68. The Balaban J connectivity index is 1.55. The van der Waals surface area contributed by atoms with Crippen LogP contribution in [0.1, 0.15) is 6.92 Å². The van der Waals surface area contributed by atoms with Gasteiger partial charge in [0.25, 0.3) is 0 Å². The Hall–Kier alpha value is -3.40. The number of aromatic amines is 1. The van der Waals surface area contributed by atoms with Crippen molar-refractivity contribution in [1.29, 1.82) is 5.41 Å². The minimum Gasteiger partial charge on any atom is -0.493 e. The largest absolute Gasteiger partial charge is 0.493 e. The highest BCUT2D eigenvalue weighted by atomic mass is 35.5. The van der Waals surface area contributed by atoms with Crippen LogP contribution in [0.25, 0.3) is 16.7 Å². The van der Waals surface area contributed by atoms with Gasteiger partial charge in [-0.25, -0.2) is 14.3 Å². The van der Waals surface area contributed by atoms with E-state index in [-0.39, 0.29) is 32.8 Å². The molecule has 0 bridgehead atoms. The summed E-state index contributed by atoms with van der Waals surface area (Å²) in [6, 6.07) is 12.3. The van der Waals surface area contributed by atoms with Crippen molar-refractivity contribution in [2.24, 2.45) is 5.92 Å². The lowest BCUT2D eigenvalue weighted by atomic mass is 10.2. The molecule has 0 amide bonds. The van der Waals surface area contributed by atoms with Crippen LogP contribution in [-0.4, -0.2) is 51.7 Å². The van der Waals surface area contributed by atoms with Crippen molar-refractivity contribution < 1.29 is 4.74 Å². The lowest BCUT2D eigenvalue weighted by Gasteiger charge is -2.17. The van der Waals surface area contributed by atoms with E-state index in [0.717, 1.165) is 22.5 Å². The quantitative estimate of drug-likeness (QED) is 0.325. The lowest BCUT2D eigenvalue weighted by molar-refractivity contribution is 0.222. The van der Waals surface area contributed by atoms with Crippen LogP contribution in [0, 0.1) is 11.3 Å². The summed E-state index contributed by atoms with van der Waals surface area (Å²) in [5.41, 5.74) is 0.471. The van der Waals surface area contributed by atoms with Crippen LogP contribution in [0.3, 0.4) is 0 Å². The Kier molecular flexibility index (Phi) is 7.39. The van der Waals surface area contributed by atoms with Crippen molar-refractivity contribution in [3.63, 3.8) is 0 Å². The molecular weight excluding hydrogens is 489 g/mol. The second-order valence-corrected chi connectivity index (χ2v) is 9.28. The van der Waals surface area contributed by atoms with Gasteiger partial charge in [-0.2, -0.15) is 4.98 Å². The van der Waals surface area contributed by atoms with Gasteiger partial charge in [-0.15, -0.1) is 0 Å². The first kappa shape index (κ1) is 24.7. The number of nitrogens with one attached hydrogen (secondary N) is 3. The van der Waals surface area contributed by atoms with Crippen LogP contribution in [0.4, 0.5) is 11.6 Å². The molecule has 0 saturated carbocycles. The van der Waals surface area contributed by atoms with Gasteiger partial charge in [0.15, 0.2) is 5.65 Å². The molecule has 11 heteroatoms. The molecule has 4 aromatic rings. The summed E-state index contributed by atoms with van der Waals surface area (Å²) >= 11 is 12.5. The number of H-pyrrole nitrogens is 1.